The number of carbonyl (C=O) groups is 1. The molecule has 21 heavy (non-hydrogen) atoms. The Morgan fingerprint density at radius 3 is 2.86 bits per heavy atom. The summed E-state index contributed by atoms with van der Waals surface area (Å²) in [6.07, 6.45) is 0. The second-order valence-electron chi connectivity index (χ2n) is 4.20. The summed E-state index contributed by atoms with van der Waals surface area (Å²) in [4.78, 5) is 14.1. The minimum atomic E-state index is 0.0524. The van der Waals surface area contributed by atoms with Crippen LogP contribution in [0.2, 0.25) is 5.02 Å². The number of amides is 1. The molecule has 0 aliphatic rings. The molecular formula is C15H16ClNOS3. The van der Waals surface area contributed by atoms with Crippen LogP contribution >= 0.6 is 46.5 Å². The Morgan fingerprint density at radius 1 is 1.24 bits per heavy atom. The van der Waals surface area contributed by atoms with Crippen LogP contribution in [0.3, 0.4) is 0 Å². The molecule has 1 amide bonds. The van der Waals surface area contributed by atoms with Crippen LogP contribution in [0.5, 0.6) is 0 Å². The van der Waals surface area contributed by atoms with E-state index >= 15 is 0 Å². The SMILES string of the molecule is O=C(CSc1ccccc1Cl)NCCSCc1cccs1. The largest absolute Gasteiger partial charge is 0.355 e. The van der Waals surface area contributed by atoms with Gasteiger partial charge in [-0.1, -0.05) is 29.8 Å². The first-order valence-electron chi connectivity index (χ1n) is 6.50. The van der Waals surface area contributed by atoms with Gasteiger partial charge in [0, 0.05) is 27.8 Å². The molecule has 2 rings (SSSR count). The van der Waals surface area contributed by atoms with Gasteiger partial charge >= 0.3 is 0 Å². The number of nitrogens with one attached hydrogen (secondary N) is 1. The molecule has 1 aromatic carbocycles. The molecule has 0 spiro atoms. The molecule has 0 bridgehead atoms. The number of thiophene rings is 1. The molecule has 0 atom stereocenters. The maximum absolute atomic E-state index is 11.7. The van der Waals surface area contributed by atoms with Gasteiger partial charge in [-0.25, -0.2) is 0 Å². The van der Waals surface area contributed by atoms with Crippen molar-refractivity contribution < 1.29 is 4.79 Å². The Hall–Kier alpha value is -0.620. The van der Waals surface area contributed by atoms with Crippen molar-refractivity contribution >= 4 is 52.4 Å². The maximum atomic E-state index is 11.7. The zero-order valence-corrected chi connectivity index (χ0v) is 14.6. The van der Waals surface area contributed by atoms with Crippen LogP contribution in [0.4, 0.5) is 0 Å². The van der Waals surface area contributed by atoms with Crippen LogP contribution in [0.25, 0.3) is 0 Å². The third-order valence-corrected chi connectivity index (χ3v) is 6.17. The number of rotatable bonds is 8. The van der Waals surface area contributed by atoms with Crippen LogP contribution in [0.15, 0.2) is 46.7 Å². The molecule has 1 N–H and O–H groups in total. The summed E-state index contributed by atoms with van der Waals surface area (Å²) in [5.74, 6) is 2.40. The molecule has 0 unspecified atom stereocenters. The molecule has 0 saturated heterocycles. The number of thioether (sulfide) groups is 2. The molecule has 0 fully saturated rings. The van der Waals surface area contributed by atoms with Gasteiger partial charge in [0.2, 0.25) is 5.91 Å². The van der Waals surface area contributed by atoms with Crippen molar-refractivity contribution in [1.29, 1.82) is 0 Å². The van der Waals surface area contributed by atoms with Gasteiger partial charge in [-0.15, -0.1) is 23.1 Å². The molecule has 1 heterocycles. The van der Waals surface area contributed by atoms with Crippen LogP contribution in [-0.2, 0) is 10.5 Å². The first-order valence-corrected chi connectivity index (χ1v) is 9.89. The van der Waals surface area contributed by atoms with E-state index in [-0.39, 0.29) is 5.91 Å². The maximum Gasteiger partial charge on any atom is 0.230 e. The lowest BCUT2D eigenvalue weighted by molar-refractivity contribution is -0.118. The Kier molecular flexibility index (Phi) is 7.50. The molecule has 2 aromatic rings. The van der Waals surface area contributed by atoms with E-state index in [1.807, 2.05) is 36.0 Å². The Bertz CT molecular complexity index is 560. The molecule has 6 heteroatoms. The predicted molar refractivity (Wildman–Crippen MR) is 95.7 cm³/mol. The fourth-order valence-corrected chi connectivity index (χ4v) is 4.35. The van der Waals surface area contributed by atoms with E-state index < -0.39 is 0 Å². The van der Waals surface area contributed by atoms with Crippen molar-refractivity contribution in [1.82, 2.24) is 5.32 Å². The lowest BCUT2D eigenvalue weighted by Crippen LogP contribution is -2.27. The molecule has 0 radical (unpaired) electrons. The van der Waals surface area contributed by atoms with Crippen molar-refractivity contribution in [3.8, 4) is 0 Å². The van der Waals surface area contributed by atoms with Gasteiger partial charge in [0.25, 0.3) is 0 Å². The van der Waals surface area contributed by atoms with Crippen molar-refractivity contribution in [3.63, 3.8) is 0 Å². The minimum absolute atomic E-state index is 0.0524. The molecule has 2 nitrogen and oxygen atoms in total. The summed E-state index contributed by atoms with van der Waals surface area (Å²) >= 11 is 11.1. The zero-order valence-electron chi connectivity index (χ0n) is 11.4. The summed E-state index contributed by atoms with van der Waals surface area (Å²) in [6, 6.07) is 11.8. The van der Waals surface area contributed by atoms with Gasteiger partial charge in [-0.05, 0) is 23.6 Å². The minimum Gasteiger partial charge on any atom is -0.355 e. The van der Waals surface area contributed by atoms with Crippen LogP contribution in [-0.4, -0.2) is 24.0 Å². The summed E-state index contributed by atoms with van der Waals surface area (Å²) < 4.78 is 0. The van der Waals surface area contributed by atoms with E-state index in [1.165, 1.54) is 16.6 Å². The first-order chi connectivity index (χ1) is 10.3. The highest BCUT2D eigenvalue weighted by Crippen LogP contribution is 2.26. The molecular weight excluding hydrogens is 342 g/mol. The van der Waals surface area contributed by atoms with Crippen molar-refractivity contribution in [2.75, 3.05) is 18.1 Å². The third kappa shape index (κ3) is 6.34. The first kappa shape index (κ1) is 16.7. The summed E-state index contributed by atoms with van der Waals surface area (Å²) in [5.41, 5.74) is 0. The molecule has 0 saturated carbocycles. The van der Waals surface area contributed by atoms with E-state index in [4.69, 9.17) is 11.6 Å². The van der Waals surface area contributed by atoms with Crippen LogP contribution in [0.1, 0.15) is 4.88 Å². The average Bonchev–Trinajstić information content (AvgIpc) is 2.99. The van der Waals surface area contributed by atoms with Crippen molar-refractivity contribution in [2.45, 2.75) is 10.6 Å². The second-order valence-corrected chi connectivity index (χ2v) is 7.76. The van der Waals surface area contributed by atoms with Gasteiger partial charge < -0.3 is 5.32 Å². The normalized spacial score (nSPS) is 10.5. The standard InChI is InChI=1S/C15H16ClNOS3/c16-13-5-1-2-6-14(13)21-11-15(18)17-7-9-19-10-12-4-3-8-20-12/h1-6,8H,7,9-11H2,(H,17,18). The van der Waals surface area contributed by atoms with Crippen LogP contribution in [0, 0.1) is 0 Å². The Labute approximate surface area is 142 Å². The highest BCUT2D eigenvalue weighted by Gasteiger charge is 2.05. The summed E-state index contributed by atoms with van der Waals surface area (Å²) in [6.45, 7) is 0.706. The summed E-state index contributed by atoms with van der Waals surface area (Å²) in [5, 5.41) is 5.72. The molecule has 0 aliphatic carbocycles. The lowest BCUT2D eigenvalue weighted by atomic mass is 10.4. The van der Waals surface area contributed by atoms with Gasteiger partial charge in [0.1, 0.15) is 0 Å². The van der Waals surface area contributed by atoms with E-state index in [9.17, 15) is 4.79 Å². The Balaban J connectivity index is 1.56. The lowest BCUT2D eigenvalue weighted by Gasteiger charge is -2.06. The van der Waals surface area contributed by atoms with Crippen LogP contribution < -0.4 is 5.32 Å². The average molecular weight is 358 g/mol. The van der Waals surface area contributed by atoms with Crippen molar-refractivity contribution in [3.05, 3.63) is 51.7 Å². The number of hydrogen-bond donors (Lipinski definition) is 1. The fraction of sp³-hybridized carbons (Fsp3) is 0.267. The van der Waals surface area contributed by atoms with Gasteiger partial charge in [0.15, 0.2) is 0 Å². The topological polar surface area (TPSA) is 29.1 Å². The number of halogens is 1. The molecule has 1 aromatic heterocycles. The number of hydrogen-bond acceptors (Lipinski definition) is 4. The van der Waals surface area contributed by atoms with E-state index in [1.54, 1.807) is 11.3 Å². The molecule has 0 aliphatic heterocycles. The van der Waals surface area contributed by atoms with Gasteiger partial charge in [-0.3, -0.25) is 4.79 Å². The zero-order chi connectivity index (χ0) is 14.9. The van der Waals surface area contributed by atoms with Crippen molar-refractivity contribution in [2.24, 2.45) is 0 Å². The monoisotopic (exact) mass is 357 g/mol. The highest BCUT2D eigenvalue weighted by molar-refractivity contribution is 8.00. The van der Waals surface area contributed by atoms with E-state index in [0.717, 1.165) is 16.4 Å². The third-order valence-electron chi connectivity index (χ3n) is 2.59. The Morgan fingerprint density at radius 2 is 2.10 bits per heavy atom. The summed E-state index contributed by atoms with van der Waals surface area (Å²) in [7, 11) is 0. The molecule has 112 valence electrons. The fourth-order valence-electron chi connectivity index (χ4n) is 1.59. The van der Waals surface area contributed by atoms with E-state index in [0.29, 0.717) is 17.3 Å². The van der Waals surface area contributed by atoms with Gasteiger partial charge in [-0.2, -0.15) is 11.8 Å². The van der Waals surface area contributed by atoms with E-state index in [2.05, 4.69) is 22.8 Å². The quantitative estimate of drug-likeness (QED) is 0.555. The number of benzene rings is 1. The smallest absolute Gasteiger partial charge is 0.230 e. The highest BCUT2D eigenvalue weighted by atomic mass is 35.5. The van der Waals surface area contributed by atoms with Gasteiger partial charge in [0.05, 0.1) is 10.8 Å². The number of carbonyl (C=O) groups excluding carboxylic acids is 1. The second kappa shape index (κ2) is 9.41. The predicted octanol–water partition coefficient (Wildman–Crippen LogP) is 4.54.